The van der Waals surface area contributed by atoms with Gasteiger partial charge in [-0.1, -0.05) is 6.92 Å². The van der Waals surface area contributed by atoms with Gasteiger partial charge in [0.05, 0.1) is 0 Å². The highest BCUT2D eigenvalue weighted by molar-refractivity contribution is 14.0. The van der Waals surface area contributed by atoms with Crippen molar-refractivity contribution in [2.24, 2.45) is 4.99 Å². The van der Waals surface area contributed by atoms with Gasteiger partial charge in [-0.05, 0) is 20.3 Å². The minimum absolute atomic E-state index is 0. The maximum absolute atomic E-state index is 11.6. The van der Waals surface area contributed by atoms with Crippen LogP contribution in [-0.2, 0) is 9.59 Å². The van der Waals surface area contributed by atoms with Crippen molar-refractivity contribution >= 4 is 41.8 Å². The van der Waals surface area contributed by atoms with Gasteiger partial charge in [-0.3, -0.25) is 9.59 Å². The van der Waals surface area contributed by atoms with E-state index in [2.05, 4.69) is 20.9 Å². The third-order valence-electron chi connectivity index (χ3n) is 2.88. The lowest BCUT2D eigenvalue weighted by Gasteiger charge is -2.14. The SMILES string of the molecule is CCNC(=NCC(=O)N(C)C)NCCC(=O)NC(C)CC.I. The molecule has 0 spiro atoms. The van der Waals surface area contributed by atoms with E-state index in [9.17, 15) is 9.59 Å². The number of carbonyl (C=O) groups excluding carboxylic acids is 2. The van der Waals surface area contributed by atoms with Gasteiger partial charge in [0.15, 0.2) is 5.96 Å². The molecule has 0 aromatic rings. The van der Waals surface area contributed by atoms with E-state index in [1.165, 1.54) is 4.90 Å². The first kappa shape index (κ1) is 23.2. The van der Waals surface area contributed by atoms with Crippen LogP contribution in [0, 0.1) is 0 Å². The summed E-state index contributed by atoms with van der Waals surface area (Å²) in [6.45, 7) is 7.21. The number of carbonyl (C=O) groups is 2. The molecule has 1 atom stereocenters. The van der Waals surface area contributed by atoms with Crippen molar-refractivity contribution in [3.63, 3.8) is 0 Å². The van der Waals surface area contributed by atoms with Gasteiger partial charge in [-0.15, -0.1) is 24.0 Å². The number of hydrogen-bond donors (Lipinski definition) is 3. The molecular weight excluding hydrogens is 397 g/mol. The summed E-state index contributed by atoms with van der Waals surface area (Å²) < 4.78 is 0. The molecule has 8 heteroatoms. The lowest BCUT2D eigenvalue weighted by molar-refractivity contribution is -0.127. The molecule has 0 aromatic carbocycles. The molecule has 0 heterocycles. The van der Waals surface area contributed by atoms with Crippen molar-refractivity contribution in [3.8, 4) is 0 Å². The lowest BCUT2D eigenvalue weighted by Crippen LogP contribution is -2.41. The van der Waals surface area contributed by atoms with Crippen molar-refractivity contribution in [1.82, 2.24) is 20.9 Å². The zero-order valence-electron chi connectivity index (χ0n) is 14.2. The number of amides is 2. The van der Waals surface area contributed by atoms with Crippen molar-refractivity contribution in [2.75, 3.05) is 33.7 Å². The minimum Gasteiger partial charge on any atom is -0.357 e. The summed E-state index contributed by atoms with van der Waals surface area (Å²) in [5.74, 6) is 0.489. The number of nitrogens with zero attached hydrogens (tertiary/aromatic N) is 2. The van der Waals surface area contributed by atoms with Crippen molar-refractivity contribution in [1.29, 1.82) is 0 Å². The molecule has 2 amide bonds. The molecule has 22 heavy (non-hydrogen) atoms. The molecule has 3 N–H and O–H groups in total. The number of halogens is 1. The van der Waals surface area contributed by atoms with E-state index in [0.717, 1.165) is 6.42 Å². The molecule has 0 saturated heterocycles. The van der Waals surface area contributed by atoms with E-state index in [4.69, 9.17) is 0 Å². The normalized spacial score (nSPS) is 12.0. The maximum Gasteiger partial charge on any atom is 0.243 e. The third-order valence-corrected chi connectivity index (χ3v) is 2.88. The van der Waals surface area contributed by atoms with Gasteiger partial charge in [-0.25, -0.2) is 4.99 Å². The van der Waals surface area contributed by atoms with E-state index >= 15 is 0 Å². The van der Waals surface area contributed by atoms with Crippen LogP contribution in [0.5, 0.6) is 0 Å². The summed E-state index contributed by atoms with van der Waals surface area (Å²) in [7, 11) is 3.38. The molecule has 0 aromatic heterocycles. The number of likely N-dealkylation sites (N-methyl/N-ethyl adjacent to an activating group) is 1. The highest BCUT2D eigenvalue weighted by Crippen LogP contribution is 1.89. The molecule has 0 aliphatic heterocycles. The van der Waals surface area contributed by atoms with Crippen molar-refractivity contribution in [3.05, 3.63) is 0 Å². The summed E-state index contributed by atoms with van der Waals surface area (Å²) in [5, 5.41) is 8.98. The summed E-state index contributed by atoms with van der Waals surface area (Å²) in [5.41, 5.74) is 0. The number of hydrogen-bond acceptors (Lipinski definition) is 3. The third kappa shape index (κ3) is 11.6. The molecule has 0 bridgehead atoms. The Balaban J connectivity index is 0. The van der Waals surface area contributed by atoms with Crippen molar-refractivity contribution in [2.45, 2.75) is 39.7 Å². The van der Waals surface area contributed by atoms with Gasteiger partial charge in [0.1, 0.15) is 6.54 Å². The predicted octanol–water partition coefficient (Wildman–Crippen LogP) is 0.553. The smallest absolute Gasteiger partial charge is 0.243 e. The Bertz CT molecular complexity index is 361. The number of nitrogens with one attached hydrogen (secondary N) is 3. The van der Waals surface area contributed by atoms with Gasteiger partial charge in [-0.2, -0.15) is 0 Å². The Morgan fingerprint density at radius 2 is 1.82 bits per heavy atom. The number of guanidine groups is 1. The first-order valence-electron chi connectivity index (χ1n) is 7.42. The summed E-state index contributed by atoms with van der Waals surface area (Å²) in [6.07, 6.45) is 1.28. The quantitative estimate of drug-likeness (QED) is 0.300. The Labute approximate surface area is 150 Å². The zero-order valence-corrected chi connectivity index (χ0v) is 16.6. The van der Waals surface area contributed by atoms with Gasteiger partial charge >= 0.3 is 0 Å². The van der Waals surface area contributed by atoms with Crippen LogP contribution in [0.3, 0.4) is 0 Å². The standard InChI is InChI=1S/C14H29N5O2.HI/c1-6-11(3)18-12(20)8-9-16-14(15-7-2)17-10-13(21)19(4)5;/h11H,6-10H2,1-5H3,(H,18,20)(H2,15,16,17);1H. The van der Waals surface area contributed by atoms with Crippen LogP contribution in [0.2, 0.25) is 0 Å². The second kappa shape index (κ2) is 13.6. The Morgan fingerprint density at radius 1 is 1.18 bits per heavy atom. The van der Waals surface area contributed by atoms with Crippen LogP contribution in [0.4, 0.5) is 0 Å². The molecule has 130 valence electrons. The lowest BCUT2D eigenvalue weighted by atomic mass is 10.2. The van der Waals surface area contributed by atoms with E-state index < -0.39 is 0 Å². The fourth-order valence-corrected chi connectivity index (χ4v) is 1.37. The van der Waals surface area contributed by atoms with Crippen molar-refractivity contribution < 1.29 is 9.59 Å². The van der Waals surface area contributed by atoms with Crippen LogP contribution in [-0.4, -0.2) is 62.4 Å². The summed E-state index contributed by atoms with van der Waals surface area (Å²) in [4.78, 5) is 28.8. The first-order valence-corrected chi connectivity index (χ1v) is 7.42. The molecule has 7 nitrogen and oxygen atoms in total. The van der Waals surface area contributed by atoms with Crippen LogP contribution in [0.1, 0.15) is 33.6 Å². The highest BCUT2D eigenvalue weighted by Gasteiger charge is 2.07. The zero-order chi connectivity index (χ0) is 16.3. The maximum atomic E-state index is 11.6. The summed E-state index contributed by atoms with van der Waals surface area (Å²) >= 11 is 0. The van der Waals surface area contributed by atoms with Crippen LogP contribution in [0.25, 0.3) is 0 Å². The minimum atomic E-state index is -0.0679. The average Bonchev–Trinajstić information content (AvgIpc) is 2.43. The molecule has 0 radical (unpaired) electrons. The molecule has 0 fully saturated rings. The van der Waals surface area contributed by atoms with Crippen LogP contribution in [0.15, 0.2) is 4.99 Å². The van der Waals surface area contributed by atoms with Gasteiger partial charge in [0.2, 0.25) is 11.8 Å². The fourth-order valence-electron chi connectivity index (χ4n) is 1.37. The summed E-state index contributed by atoms with van der Waals surface area (Å²) in [6, 6.07) is 0.192. The Kier molecular flexibility index (Phi) is 14.3. The monoisotopic (exact) mass is 427 g/mol. The van der Waals surface area contributed by atoms with Crippen LogP contribution >= 0.6 is 24.0 Å². The van der Waals surface area contributed by atoms with E-state index in [1.54, 1.807) is 14.1 Å². The van der Waals surface area contributed by atoms with Gasteiger partial charge in [0.25, 0.3) is 0 Å². The largest absolute Gasteiger partial charge is 0.357 e. The highest BCUT2D eigenvalue weighted by atomic mass is 127. The molecule has 0 rings (SSSR count). The Hall–Kier alpha value is -1.06. The second-order valence-electron chi connectivity index (χ2n) is 5.04. The fraction of sp³-hybridized carbons (Fsp3) is 0.786. The molecular formula is C14H30IN5O2. The number of aliphatic imine (C=N–C) groups is 1. The first-order chi connectivity index (χ1) is 9.90. The van der Waals surface area contributed by atoms with Gasteiger partial charge in [0, 0.05) is 39.6 Å². The van der Waals surface area contributed by atoms with E-state index in [0.29, 0.717) is 25.5 Å². The van der Waals surface area contributed by atoms with E-state index in [1.807, 2.05) is 20.8 Å². The topological polar surface area (TPSA) is 85.8 Å². The van der Waals surface area contributed by atoms with Gasteiger partial charge < -0.3 is 20.9 Å². The average molecular weight is 427 g/mol. The molecule has 0 saturated carbocycles. The molecule has 0 aliphatic rings. The number of rotatable bonds is 8. The van der Waals surface area contributed by atoms with E-state index in [-0.39, 0.29) is 48.4 Å². The second-order valence-corrected chi connectivity index (χ2v) is 5.04. The molecule has 1 unspecified atom stereocenters. The molecule has 0 aliphatic carbocycles. The predicted molar refractivity (Wildman–Crippen MR) is 101 cm³/mol. The Morgan fingerprint density at radius 3 is 2.32 bits per heavy atom. The van der Waals surface area contributed by atoms with Crippen LogP contribution < -0.4 is 16.0 Å².